The monoisotopic (exact) mass is 652 g/mol. The summed E-state index contributed by atoms with van der Waals surface area (Å²) in [4.78, 5) is 33.0. The largest absolute Gasteiger partial charge is 0.311 e. The number of nitrogens with zero attached hydrogens (tertiary/aromatic N) is 4. The van der Waals surface area contributed by atoms with Gasteiger partial charge < -0.3 is 4.90 Å². The van der Waals surface area contributed by atoms with Gasteiger partial charge in [0, 0.05) is 28.2 Å². The number of amides is 2. The predicted octanol–water partition coefficient (Wildman–Crippen LogP) is 4.47. The first-order chi connectivity index (χ1) is 18.6. The molecule has 0 bridgehead atoms. The van der Waals surface area contributed by atoms with Crippen LogP contribution in [0.5, 0.6) is 0 Å². The molecule has 8 nitrogen and oxygen atoms in total. The van der Waals surface area contributed by atoms with Crippen LogP contribution in [-0.4, -0.2) is 77.0 Å². The van der Waals surface area contributed by atoms with Crippen LogP contribution in [0.2, 0.25) is 10.0 Å². The molecular formula is C27H27BrCl2N4O4S. The van der Waals surface area contributed by atoms with Gasteiger partial charge in [-0.3, -0.25) is 19.4 Å². The van der Waals surface area contributed by atoms with Gasteiger partial charge in [-0.1, -0.05) is 51.3 Å². The molecular weight excluding hydrogens is 627 g/mol. The first-order valence-corrected chi connectivity index (χ1v) is 16.0. The maximum absolute atomic E-state index is 14.2. The zero-order valence-corrected chi connectivity index (χ0v) is 24.9. The predicted molar refractivity (Wildman–Crippen MR) is 151 cm³/mol. The highest BCUT2D eigenvalue weighted by molar-refractivity contribution is 9.10. The normalized spacial score (nSPS) is 24.3. The van der Waals surface area contributed by atoms with Crippen LogP contribution in [0.15, 0.2) is 63.9 Å². The van der Waals surface area contributed by atoms with Gasteiger partial charge in [0.05, 0.1) is 11.6 Å². The van der Waals surface area contributed by atoms with Gasteiger partial charge in [-0.15, -0.1) is 0 Å². The van der Waals surface area contributed by atoms with Crippen molar-refractivity contribution < 1.29 is 18.0 Å². The zero-order valence-electron chi connectivity index (χ0n) is 21.0. The number of likely N-dealkylation sites (tertiary alicyclic amines) is 1. The molecule has 2 aromatic carbocycles. The smallest absolute Gasteiger partial charge is 0.267 e. The van der Waals surface area contributed by atoms with Gasteiger partial charge in [0.1, 0.15) is 22.8 Å². The fourth-order valence-corrected chi connectivity index (χ4v) is 8.11. The van der Waals surface area contributed by atoms with E-state index < -0.39 is 22.1 Å². The van der Waals surface area contributed by atoms with E-state index in [4.69, 9.17) is 23.2 Å². The van der Waals surface area contributed by atoms with Crippen molar-refractivity contribution in [1.29, 1.82) is 0 Å². The number of halogens is 3. The summed E-state index contributed by atoms with van der Waals surface area (Å²) in [6, 6.07) is 10.3. The summed E-state index contributed by atoms with van der Waals surface area (Å²) in [6.45, 7) is 1.33. The van der Waals surface area contributed by atoms with Gasteiger partial charge in [0.15, 0.2) is 0 Å². The number of fused-ring (bicyclic) bond motifs is 1. The molecule has 3 heterocycles. The molecule has 12 heteroatoms. The molecule has 206 valence electrons. The van der Waals surface area contributed by atoms with Crippen molar-refractivity contribution in [1.82, 2.24) is 19.0 Å². The summed E-state index contributed by atoms with van der Waals surface area (Å²) in [7, 11) is -4.20. The van der Waals surface area contributed by atoms with Crippen LogP contribution in [0.1, 0.15) is 31.2 Å². The highest BCUT2D eigenvalue weighted by Crippen LogP contribution is 2.40. The van der Waals surface area contributed by atoms with Gasteiger partial charge in [-0.05, 0) is 74.7 Å². The van der Waals surface area contributed by atoms with Gasteiger partial charge in [-0.25, -0.2) is 12.7 Å². The van der Waals surface area contributed by atoms with E-state index in [9.17, 15) is 18.0 Å². The second kappa shape index (κ2) is 10.4. The van der Waals surface area contributed by atoms with Gasteiger partial charge in [-0.2, -0.15) is 0 Å². The van der Waals surface area contributed by atoms with Crippen molar-refractivity contribution in [2.45, 2.75) is 55.1 Å². The van der Waals surface area contributed by atoms with E-state index in [1.165, 1.54) is 27.4 Å². The number of hydrogen-bond acceptors (Lipinski definition) is 5. The number of sulfonamides is 1. The molecule has 2 atom stereocenters. The molecule has 3 aliphatic heterocycles. The highest BCUT2D eigenvalue weighted by Gasteiger charge is 2.53. The summed E-state index contributed by atoms with van der Waals surface area (Å²) in [5, 5.41) is 0.322. The second-order valence-electron chi connectivity index (χ2n) is 10.4. The summed E-state index contributed by atoms with van der Waals surface area (Å²) in [5.74, 6) is -0.251. The standard InChI is InChI=1S/C27H27BrCl2N4O4S/c28-18-5-3-17(4-6-18)13-22-26(35)32(20-8-9-20)16-25-33(39(37,38)24-10-7-19(29)14-21(24)30)15-23(27(36)34(22)25)31-11-1-2-12-31/h3-7,10,14,16,20,22-23H,1-2,8-9,11-13,15H2. The Labute approximate surface area is 246 Å². The molecule has 4 aliphatic rings. The Morgan fingerprint density at radius 2 is 1.64 bits per heavy atom. The van der Waals surface area contributed by atoms with Crippen LogP contribution in [0, 0.1) is 0 Å². The van der Waals surface area contributed by atoms with Crippen molar-refractivity contribution in [2.24, 2.45) is 0 Å². The first-order valence-electron chi connectivity index (χ1n) is 13.0. The SMILES string of the molecule is O=C1C(Cc2ccc(Br)cc2)N2C(=O)C(N3CCCC3)CN(S(=O)(=O)c3ccc(Cl)cc3Cl)C2=CN1C1CC1. The van der Waals surface area contributed by atoms with Crippen LogP contribution in [0.4, 0.5) is 0 Å². The molecule has 0 radical (unpaired) electrons. The van der Waals surface area contributed by atoms with Crippen molar-refractivity contribution in [3.05, 3.63) is 74.6 Å². The molecule has 1 aliphatic carbocycles. The Morgan fingerprint density at radius 3 is 2.28 bits per heavy atom. The molecule has 1 saturated carbocycles. The molecule has 3 fully saturated rings. The maximum atomic E-state index is 14.2. The molecule has 2 unspecified atom stereocenters. The fraction of sp³-hybridized carbons (Fsp3) is 0.407. The van der Waals surface area contributed by atoms with Gasteiger partial charge in [0.25, 0.3) is 10.0 Å². The Balaban J connectivity index is 1.48. The van der Waals surface area contributed by atoms with E-state index in [1.54, 1.807) is 11.1 Å². The molecule has 0 spiro atoms. The third-order valence-corrected chi connectivity index (χ3v) is 10.8. The lowest BCUT2D eigenvalue weighted by Crippen LogP contribution is -2.67. The molecule has 0 N–H and O–H groups in total. The summed E-state index contributed by atoms with van der Waals surface area (Å²) < 4.78 is 30.6. The van der Waals surface area contributed by atoms with Gasteiger partial charge >= 0.3 is 0 Å². The number of hydrogen-bond donors (Lipinski definition) is 0. The molecule has 0 aromatic heterocycles. The molecule has 2 amide bonds. The number of benzene rings is 2. The van der Waals surface area contributed by atoms with Crippen molar-refractivity contribution in [3.8, 4) is 0 Å². The average Bonchev–Trinajstić information content (AvgIpc) is 3.59. The Kier molecular flexibility index (Phi) is 7.20. The minimum Gasteiger partial charge on any atom is -0.311 e. The van der Waals surface area contributed by atoms with Crippen LogP contribution in [-0.2, 0) is 26.0 Å². The lowest BCUT2D eigenvalue weighted by Gasteiger charge is -2.49. The lowest BCUT2D eigenvalue weighted by atomic mass is 9.99. The van der Waals surface area contributed by atoms with E-state index in [0.29, 0.717) is 18.1 Å². The average molecular weight is 654 g/mol. The minimum atomic E-state index is -4.20. The van der Waals surface area contributed by atoms with E-state index in [-0.39, 0.29) is 46.6 Å². The fourth-order valence-electron chi connectivity index (χ4n) is 5.64. The Hall–Kier alpha value is -2.11. The van der Waals surface area contributed by atoms with Crippen LogP contribution in [0.25, 0.3) is 0 Å². The van der Waals surface area contributed by atoms with E-state index in [0.717, 1.165) is 35.7 Å². The summed E-state index contributed by atoms with van der Waals surface area (Å²) in [6.07, 6.45) is 5.34. The summed E-state index contributed by atoms with van der Waals surface area (Å²) >= 11 is 15.9. The molecule has 39 heavy (non-hydrogen) atoms. The van der Waals surface area contributed by atoms with Crippen molar-refractivity contribution in [3.63, 3.8) is 0 Å². The summed E-state index contributed by atoms with van der Waals surface area (Å²) in [5.41, 5.74) is 0.875. The first kappa shape index (κ1) is 27.1. The quantitative estimate of drug-likeness (QED) is 0.460. The van der Waals surface area contributed by atoms with Crippen LogP contribution < -0.4 is 0 Å². The van der Waals surface area contributed by atoms with Crippen molar-refractivity contribution >= 4 is 61.0 Å². The Morgan fingerprint density at radius 1 is 0.949 bits per heavy atom. The van der Waals surface area contributed by atoms with Gasteiger partial charge in [0.2, 0.25) is 11.8 Å². The second-order valence-corrected chi connectivity index (χ2v) is 14.0. The topological polar surface area (TPSA) is 81.2 Å². The lowest BCUT2D eigenvalue weighted by molar-refractivity contribution is -0.151. The van der Waals surface area contributed by atoms with E-state index in [1.807, 2.05) is 29.2 Å². The van der Waals surface area contributed by atoms with Crippen LogP contribution >= 0.6 is 39.1 Å². The molecule has 2 aromatic rings. The Bertz CT molecular complexity index is 1460. The molecule has 6 rings (SSSR count). The minimum absolute atomic E-state index is 0.00150. The van der Waals surface area contributed by atoms with Crippen LogP contribution in [0.3, 0.4) is 0 Å². The number of carbonyl (C=O) groups is 2. The third kappa shape index (κ3) is 4.99. The third-order valence-electron chi connectivity index (χ3n) is 7.80. The highest BCUT2D eigenvalue weighted by atomic mass is 79.9. The van der Waals surface area contributed by atoms with E-state index in [2.05, 4.69) is 15.9 Å². The van der Waals surface area contributed by atoms with Crippen molar-refractivity contribution in [2.75, 3.05) is 19.6 Å². The zero-order chi connectivity index (χ0) is 27.5. The molecule has 2 saturated heterocycles. The number of rotatable bonds is 6. The maximum Gasteiger partial charge on any atom is 0.267 e. The van der Waals surface area contributed by atoms with E-state index >= 15 is 0 Å². The number of carbonyl (C=O) groups excluding carboxylic acids is 2.